The summed E-state index contributed by atoms with van der Waals surface area (Å²) >= 11 is 6.13. The highest BCUT2D eigenvalue weighted by Gasteiger charge is 2.09. The molecule has 0 saturated heterocycles. The normalized spacial score (nSPS) is 10.8. The molecule has 0 radical (unpaired) electrons. The molecule has 0 atom stereocenters. The monoisotopic (exact) mass is 294 g/mol. The molecule has 0 aliphatic rings. The lowest BCUT2D eigenvalue weighted by atomic mass is 10.2. The second-order valence-electron chi connectivity index (χ2n) is 4.58. The molecule has 0 bridgehead atoms. The van der Waals surface area contributed by atoms with Gasteiger partial charge in [0.05, 0.1) is 0 Å². The Morgan fingerprint density at radius 3 is 2.65 bits per heavy atom. The van der Waals surface area contributed by atoms with Gasteiger partial charge < -0.3 is 9.88 Å². The molecule has 0 aromatic carbocycles. The number of halogens is 1. The van der Waals surface area contributed by atoms with E-state index in [1.54, 1.807) is 12.7 Å². The number of aromatic nitrogens is 5. The van der Waals surface area contributed by atoms with Crippen LogP contribution in [0.15, 0.2) is 12.7 Å². The van der Waals surface area contributed by atoms with Crippen LogP contribution in [0, 0.1) is 6.92 Å². The summed E-state index contributed by atoms with van der Waals surface area (Å²) in [6, 6.07) is 0. The zero-order valence-corrected chi connectivity index (χ0v) is 12.6. The zero-order chi connectivity index (χ0) is 14.4. The van der Waals surface area contributed by atoms with Gasteiger partial charge in [-0.25, -0.2) is 9.97 Å². The van der Waals surface area contributed by atoms with Crippen LogP contribution in [0.4, 0.5) is 5.82 Å². The van der Waals surface area contributed by atoms with Gasteiger partial charge in [-0.1, -0.05) is 18.5 Å². The van der Waals surface area contributed by atoms with Crippen molar-refractivity contribution >= 4 is 17.4 Å². The van der Waals surface area contributed by atoms with Crippen LogP contribution in [0.25, 0.3) is 0 Å². The Morgan fingerprint density at radius 2 is 1.95 bits per heavy atom. The van der Waals surface area contributed by atoms with Crippen molar-refractivity contribution in [3.05, 3.63) is 29.2 Å². The average molecular weight is 295 g/mol. The van der Waals surface area contributed by atoms with E-state index in [1.807, 2.05) is 11.5 Å². The minimum atomic E-state index is 0.548. The Kier molecular flexibility index (Phi) is 5.29. The summed E-state index contributed by atoms with van der Waals surface area (Å²) in [6.45, 7) is 5.69. The van der Waals surface area contributed by atoms with Crippen LogP contribution < -0.4 is 5.32 Å². The number of unbranched alkanes of at least 4 members (excludes halogenated alkanes) is 1. The van der Waals surface area contributed by atoms with Crippen molar-refractivity contribution in [2.75, 3.05) is 11.9 Å². The minimum absolute atomic E-state index is 0.548. The van der Waals surface area contributed by atoms with Crippen LogP contribution in [0.2, 0.25) is 5.15 Å². The molecule has 108 valence electrons. The van der Waals surface area contributed by atoms with E-state index >= 15 is 0 Å². The molecule has 0 aliphatic carbocycles. The maximum absolute atomic E-state index is 6.13. The summed E-state index contributed by atoms with van der Waals surface area (Å²) in [7, 11) is 0. The Labute approximate surface area is 123 Å². The molecule has 0 amide bonds. The first kappa shape index (κ1) is 14.7. The van der Waals surface area contributed by atoms with Gasteiger partial charge in [0.1, 0.15) is 29.5 Å². The molecule has 0 aliphatic heterocycles. The van der Waals surface area contributed by atoms with Crippen LogP contribution in [0.1, 0.15) is 31.2 Å². The highest BCUT2D eigenvalue weighted by molar-refractivity contribution is 6.30. The largest absolute Gasteiger partial charge is 0.370 e. The lowest BCUT2D eigenvalue weighted by molar-refractivity contribution is 0.619. The van der Waals surface area contributed by atoms with Crippen LogP contribution in [0.5, 0.6) is 0 Å². The van der Waals surface area contributed by atoms with Gasteiger partial charge in [-0.05, 0) is 26.2 Å². The van der Waals surface area contributed by atoms with Crippen molar-refractivity contribution in [2.45, 2.75) is 39.7 Å². The quantitative estimate of drug-likeness (QED) is 0.627. The van der Waals surface area contributed by atoms with E-state index in [1.165, 1.54) is 0 Å². The predicted molar refractivity (Wildman–Crippen MR) is 78.9 cm³/mol. The number of hydrogen-bond acceptors (Lipinski definition) is 5. The molecule has 2 aromatic rings. The Hall–Kier alpha value is -1.69. The average Bonchev–Trinajstić information content (AvgIpc) is 2.91. The van der Waals surface area contributed by atoms with Crippen molar-refractivity contribution in [1.29, 1.82) is 0 Å². The van der Waals surface area contributed by atoms with E-state index in [2.05, 4.69) is 32.4 Å². The standard InChI is InChI=1S/C13H19ClN6/c1-3-11-12(14)18-10(2)19-13(11)15-6-4-5-7-20-8-16-17-9-20/h8-9H,3-7H2,1-2H3,(H,15,18,19). The highest BCUT2D eigenvalue weighted by Crippen LogP contribution is 2.21. The summed E-state index contributed by atoms with van der Waals surface area (Å²) in [6.07, 6.45) is 6.39. The third kappa shape index (κ3) is 3.90. The molecule has 0 fully saturated rings. The third-order valence-corrected chi connectivity index (χ3v) is 3.34. The molecule has 6 nitrogen and oxygen atoms in total. The van der Waals surface area contributed by atoms with Crippen LogP contribution in [0.3, 0.4) is 0 Å². The van der Waals surface area contributed by atoms with Crippen molar-refractivity contribution < 1.29 is 0 Å². The van der Waals surface area contributed by atoms with Gasteiger partial charge in [-0.15, -0.1) is 10.2 Å². The van der Waals surface area contributed by atoms with Crippen LogP contribution >= 0.6 is 11.6 Å². The summed E-state index contributed by atoms with van der Waals surface area (Å²) in [4.78, 5) is 8.60. The van der Waals surface area contributed by atoms with Gasteiger partial charge in [0.25, 0.3) is 0 Å². The van der Waals surface area contributed by atoms with E-state index in [0.29, 0.717) is 11.0 Å². The van der Waals surface area contributed by atoms with E-state index in [4.69, 9.17) is 11.6 Å². The lowest BCUT2D eigenvalue weighted by Crippen LogP contribution is -2.09. The van der Waals surface area contributed by atoms with Crippen molar-refractivity contribution in [3.63, 3.8) is 0 Å². The van der Waals surface area contributed by atoms with Crippen molar-refractivity contribution in [1.82, 2.24) is 24.7 Å². The number of nitrogens with zero attached hydrogens (tertiary/aromatic N) is 5. The number of aryl methyl sites for hydroxylation is 2. The van der Waals surface area contributed by atoms with Gasteiger partial charge in [0.15, 0.2) is 0 Å². The highest BCUT2D eigenvalue weighted by atomic mass is 35.5. The Bertz CT molecular complexity index is 540. The fourth-order valence-corrected chi connectivity index (χ4v) is 2.33. The first-order chi connectivity index (χ1) is 9.70. The van der Waals surface area contributed by atoms with Crippen LogP contribution in [-0.4, -0.2) is 31.3 Å². The SMILES string of the molecule is CCc1c(Cl)nc(C)nc1NCCCCn1cnnc1. The molecule has 7 heteroatoms. The molecule has 2 aromatic heterocycles. The maximum atomic E-state index is 6.13. The molecule has 0 unspecified atom stereocenters. The summed E-state index contributed by atoms with van der Waals surface area (Å²) in [5.41, 5.74) is 0.982. The number of rotatable bonds is 7. The van der Waals surface area contributed by atoms with Gasteiger partial charge in [-0.3, -0.25) is 0 Å². The lowest BCUT2D eigenvalue weighted by Gasteiger charge is -2.11. The third-order valence-electron chi connectivity index (χ3n) is 3.02. The predicted octanol–water partition coefficient (Wildman–Crippen LogP) is 2.48. The van der Waals surface area contributed by atoms with E-state index in [0.717, 1.165) is 43.7 Å². The first-order valence-electron chi connectivity index (χ1n) is 6.80. The molecule has 1 N–H and O–H groups in total. The topological polar surface area (TPSA) is 68.5 Å². The summed E-state index contributed by atoms with van der Waals surface area (Å²) in [5, 5.41) is 11.5. The van der Waals surface area contributed by atoms with Crippen LogP contribution in [-0.2, 0) is 13.0 Å². The maximum Gasteiger partial charge on any atom is 0.138 e. The molecular formula is C13H19ClN6. The molecule has 0 saturated carbocycles. The molecular weight excluding hydrogens is 276 g/mol. The number of nitrogens with one attached hydrogen (secondary N) is 1. The second kappa shape index (κ2) is 7.19. The van der Waals surface area contributed by atoms with E-state index < -0.39 is 0 Å². The molecule has 2 heterocycles. The minimum Gasteiger partial charge on any atom is -0.370 e. The summed E-state index contributed by atoms with van der Waals surface area (Å²) in [5.74, 6) is 1.55. The molecule has 2 rings (SSSR count). The Balaban J connectivity index is 1.81. The summed E-state index contributed by atoms with van der Waals surface area (Å²) < 4.78 is 1.98. The second-order valence-corrected chi connectivity index (χ2v) is 4.93. The van der Waals surface area contributed by atoms with Crippen molar-refractivity contribution in [2.24, 2.45) is 0 Å². The van der Waals surface area contributed by atoms with Crippen molar-refractivity contribution in [3.8, 4) is 0 Å². The van der Waals surface area contributed by atoms with E-state index in [9.17, 15) is 0 Å². The Morgan fingerprint density at radius 1 is 1.20 bits per heavy atom. The number of anilines is 1. The first-order valence-corrected chi connectivity index (χ1v) is 7.17. The fraction of sp³-hybridized carbons (Fsp3) is 0.538. The fourth-order valence-electron chi connectivity index (χ4n) is 1.98. The van der Waals surface area contributed by atoms with Gasteiger partial charge in [-0.2, -0.15) is 0 Å². The van der Waals surface area contributed by atoms with Gasteiger partial charge >= 0.3 is 0 Å². The van der Waals surface area contributed by atoms with E-state index in [-0.39, 0.29) is 0 Å². The molecule has 0 spiro atoms. The number of hydrogen-bond donors (Lipinski definition) is 1. The zero-order valence-electron chi connectivity index (χ0n) is 11.8. The smallest absolute Gasteiger partial charge is 0.138 e. The van der Waals surface area contributed by atoms with Gasteiger partial charge in [0, 0.05) is 18.7 Å². The molecule has 20 heavy (non-hydrogen) atoms. The van der Waals surface area contributed by atoms with Gasteiger partial charge in [0.2, 0.25) is 0 Å².